The van der Waals surface area contributed by atoms with E-state index in [0.29, 0.717) is 0 Å². The summed E-state index contributed by atoms with van der Waals surface area (Å²) in [6, 6.07) is 0. The van der Waals surface area contributed by atoms with Crippen molar-refractivity contribution >= 4 is 12.6 Å². The van der Waals surface area contributed by atoms with Gasteiger partial charge in [-0.05, 0) is 19.4 Å². The number of unbranched alkanes of at least 4 members (excludes halogenated alkanes) is 1. The van der Waals surface area contributed by atoms with Crippen molar-refractivity contribution in [1.82, 2.24) is 0 Å². The monoisotopic (exact) mass is 264 g/mol. The van der Waals surface area contributed by atoms with Crippen LogP contribution in [0, 0.1) is 0 Å². The molecule has 0 fully saturated rings. The minimum Gasteiger partial charge on any atom is -0.495 e. The van der Waals surface area contributed by atoms with Gasteiger partial charge < -0.3 is 20.1 Å². The van der Waals surface area contributed by atoms with Gasteiger partial charge in [-0.3, -0.25) is 0 Å². The molecule has 0 saturated heterocycles. The van der Waals surface area contributed by atoms with Crippen molar-refractivity contribution in [1.29, 1.82) is 0 Å². The lowest BCUT2D eigenvalue weighted by molar-refractivity contribution is -0.0292. The van der Waals surface area contributed by atoms with Crippen LogP contribution in [0.15, 0.2) is 11.8 Å². The summed E-state index contributed by atoms with van der Waals surface area (Å²) in [7, 11) is 0. The van der Waals surface area contributed by atoms with Crippen molar-refractivity contribution in [3.63, 3.8) is 0 Å². The van der Waals surface area contributed by atoms with E-state index in [4.69, 9.17) is 9.84 Å². The molecule has 0 aliphatic rings. The van der Waals surface area contributed by atoms with Crippen molar-refractivity contribution in [2.45, 2.75) is 50.6 Å². The first-order valence-corrected chi connectivity index (χ1v) is 6.51. The van der Waals surface area contributed by atoms with Gasteiger partial charge in [-0.25, -0.2) is 0 Å². The van der Waals surface area contributed by atoms with E-state index >= 15 is 0 Å². The van der Waals surface area contributed by atoms with Crippen molar-refractivity contribution in [3.8, 4) is 0 Å². The molecule has 0 aromatic heterocycles. The molecule has 3 N–H and O–H groups in total. The van der Waals surface area contributed by atoms with Crippen LogP contribution in [0.4, 0.5) is 0 Å². The summed E-state index contributed by atoms with van der Waals surface area (Å²) < 4.78 is 5.41. The van der Waals surface area contributed by atoms with Gasteiger partial charge in [-0.1, -0.05) is 13.3 Å². The highest BCUT2D eigenvalue weighted by atomic mass is 32.1. The van der Waals surface area contributed by atoms with E-state index in [1.165, 1.54) is 0 Å². The number of aliphatic hydroxyl groups is 3. The van der Waals surface area contributed by atoms with Gasteiger partial charge in [0.25, 0.3) is 0 Å². The highest BCUT2D eigenvalue weighted by Crippen LogP contribution is 2.12. The molecule has 4 nitrogen and oxygen atoms in total. The van der Waals surface area contributed by atoms with Gasteiger partial charge in [0.1, 0.15) is 12.7 Å². The second kappa shape index (κ2) is 9.76. The number of allylic oxidation sites excluding steroid dienone is 2. The van der Waals surface area contributed by atoms with Crippen molar-refractivity contribution in [3.05, 3.63) is 11.8 Å². The summed E-state index contributed by atoms with van der Waals surface area (Å²) in [5, 5.41) is 27.3. The lowest BCUT2D eigenvalue weighted by Gasteiger charge is -2.22. The Balaban J connectivity index is 4.00. The van der Waals surface area contributed by atoms with Gasteiger partial charge in [0, 0.05) is 6.42 Å². The van der Waals surface area contributed by atoms with E-state index in [1.807, 2.05) is 13.0 Å². The largest absolute Gasteiger partial charge is 0.495 e. The molecule has 3 atom stereocenters. The highest BCUT2D eigenvalue weighted by molar-refractivity contribution is 7.81. The number of ether oxygens (including phenoxy) is 1. The average Bonchev–Trinajstić information content (AvgIpc) is 2.36. The molecule has 0 bridgehead atoms. The van der Waals surface area contributed by atoms with Crippen molar-refractivity contribution < 1.29 is 20.1 Å². The van der Waals surface area contributed by atoms with Crippen LogP contribution >= 0.6 is 12.6 Å². The van der Waals surface area contributed by atoms with Crippen LogP contribution in [-0.4, -0.2) is 46.0 Å². The van der Waals surface area contributed by atoms with Gasteiger partial charge in [-0.15, -0.1) is 0 Å². The Morgan fingerprint density at radius 1 is 1.41 bits per heavy atom. The molecular weight excluding hydrogens is 240 g/mol. The molecule has 0 heterocycles. The lowest BCUT2D eigenvalue weighted by atomic mass is 10.1. The molecular formula is C12H24O4S. The zero-order chi connectivity index (χ0) is 13.3. The Morgan fingerprint density at radius 2 is 2.06 bits per heavy atom. The third-order valence-electron chi connectivity index (χ3n) is 2.51. The number of hydrogen-bond donors (Lipinski definition) is 4. The maximum atomic E-state index is 9.63. The molecule has 1 unspecified atom stereocenters. The SMILES string of the molecule is C/C=C(/CCCC)OC[C@H](O)[C@@H](O)C(S)CO. The first-order valence-electron chi connectivity index (χ1n) is 5.99. The average molecular weight is 264 g/mol. The Labute approximate surface area is 109 Å². The van der Waals surface area contributed by atoms with E-state index in [9.17, 15) is 10.2 Å². The fraction of sp³-hybridized carbons (Fsp3) is 0.833. The van der Waals surface area contributed by atoms with Gasteiger partial charge in [-0.2, -0.15) is 12.6 Å². The van der Waals surface area contributed by atoms with E-state index in [1.54, 1.807) is 0 Å². The summed E-state index contributed by atoms with van der Waals surface area (Å²) in [5.41, 5.74) is 0. The van der Waals surface area contributed by atoms with Crippen LogP contribution < -0.4 is 0 Å². The van der Waals surface area contributed by atoms with Crippen LogP contribution in [0.2, 0.25) is 0 Å². The summed E-state index contributed by atoms with van der Waals surface area (Å²) >= 11 is 3.96. The van der Waals surface area contributed by atoms with E-state index < -0.39 is 17.5 Å². The predicted molar refractivity (Wildman–Crippen MR) is 71.1 cm³/mol. The Bertz CT molecular complexity index is 221. The first-order chi connectivity index (χ1) is 8.06. The summed E-state index contributed by atoms with van der Waals surface area (Å²) in [4.78, 5) is 0. The molecule has 0 rings (SSSR count). The number of thiol groups is 1. The van der Waals surface area contributed by atoms with Crippen molar-refractivity contribution in [2.24, 2.45) is 0 Å². The summed E-state index contributed by atoms with van der Waals surface area (Å²) in [6.45, 7) is 3.71. The highest BCUT2D eigenvalue weighted by Gasteiger charge is 2.23. The Kier molecular flexibility index (Phi) is 9.63. The summed E-state index contributed by atoms with van der Waals surface area (Å²) in [5.74, 6) is 0.817. The molecule has 0 saturated carbocycles. The molecule has 0 spiro atoms. The zero-order valence-corrected chi connectivity index (χ0v) is 11.4. The first kappa shape index (κ1) is 16.8. The van der Waals surface area contributed by atoms with E-state index in [-0.39, 0.29) is 13.2 Å². The topological polar surface area (TPSA) is 69.9 Å². The van der Waals surface area contributed by atoms with Crippen LogP contribution in [0.25, 0.3) is 0 Å². The van der Waals surface area contributed by atoms with Crippen LogP contribution in [0.1, 0.15) is 33.1 Å². The molecule has 0 aromatic rings. The Hall–Kier alpha value is -0.230. The van der Waals surface area contributed by atoms with E-state index in [2.05, 4.69) is 19.6 Å². The third-order valence-corrected chi connectivity index (χ3v) is 2.98. The maximum absolute atomic E-state index is 9.63. The van der Waals surface area contributed by atoms with Crippen LogP contribution in [0.3, 0.4) is 0 Å². The molecule has 0 aliphatic heterocycles. The standard InChI is InChI=1S/C12H24O4S/c1-3-5-6-9(4-2)16-8-10(14)12(15)11(17)7-13/h4,10-15,17H,3,5-8H2,1-2H3/b9-4-/t10-,11?,12+/m0/s1. The van der Waals surface area contributed by atoms with Gasteiger partial charge in [0.05, 0.1) is 23.7 Å². The number of hydrogen-bond acceptors (Lipinski definition) is 5. The Morgan fingerprint density at radius 3 is 2.53 bits per heavy atom. The second-order valence-electron chi connectivity index (χ2n) is 3.98. The predicted octanol–water partition coefficient (Wildman–Crippen LogP) is 1.11. The van der Waals surface area contributed by atoms with E-state index in [0.717, 1.165) is 25.0 Å². The normalized spacial score (nSPS) is 17.6. The molecule has 102 valence electrons. The minimum atomic E-state index is -1.09. The van der Waals surface area contributed by atoms with Crippen LogP contribution in [-0.2, 0) is 4.74 Å². The molecule has 0 aliphatic carbocycles. The smallest absolute Gasteiger partial charge is 0.116 e. The molecule has 0 amide bonds. The maximum Gasteiger partial charge on any atom is 0.116 e. The second-order valence-corrected chi connectivity index (χ2v) is 4.64. The fourth-order valence-corrected chi connectivity index (χ4v) is 1.50. The number of rotatable bonds is 9. The van der Waals surface area contributed by atoms with Gasteiger partial charge in [0.15, 0.2) is 0 Å². The third kappa shape index (κ3) is 6.93. The molecule has 17 heavy (non-hydrogen) atoms. The van der Waals surface area contributed by atoms with Gasteiger partial charge in [0.2, 0.25) is 0 Å². The van der Waals surface area contributed by atoms with Gasteiger partial charge >= 0.3 is 0 Å². The fourth-order valence-electron chi connectivity index (χ4n) is 1.31. The van der Waals surface area contributed by atoms with Crippen molar-refractivity contribution in [2.75, 3.05) is 13.2 Å². The summed E-state index contributed by atoms with van der Waals surface area (Å²) in [6.07, 6.45) is 2.67. The zero-order valence-electron chi connectivity index (χ0n) is 10.5. The minimum absolute atomic E-state index is 0.0155. The number of aliphatic hydroxyl groups excluding tert-OH is 3. The quantitative estimate of drug-likeness (QED) is 0.372. The lowest BCUT2D eigenvalue weighted by Crippen LogP contribution is -2.39. The molecule has 5 heteroatoms. The molecule has 0 aromatic carbocycles. The van der Waals surface area contributed by atoms with Crippen LogP contribution in [0.5, 0.6) is 0 Å². The molecule has 0 radical (unpaired) electrons.